The fraction of sp³-hybridized carbons (Fsp3) is 0.0417. The van der Waals surface area contributed by atoms with Gasteiger partial charge in [0.05, 0.1) is 10.5 Å². The summed E-state index contributed by atoms with van der Waals surface area (Å²) in [6.07, 6.45) is 1.13. The van der Waals surface area contributed by atoms with Gasteiger partial charge in [0.25, 0.3) is 5.91 Å². The number of carbonyl (C=O) groups excluding carboxylic acids is 2. The minimum atomic E-state index is -0.289. The van der Waals surface area contributed by atoms with E-state index >= 15 is 0 Å². The van der Waals surface area contributed by atoms with Gasteiger partial charge < -0.3 is 14.8 Å². The second kappa shape index (κ2) is 8.76. The number of carbonyl (C=O) groups is 2. The maximum atomic E-state index is 12.5. The summed E-state index contributed by atoms with van der Waals surface area (Å²) in [5.74, 6) is 0.772. The SMILES string of the molecule is O=CCc1ccc(Oc2ccc(NC(=O)c3ccc4ccccc4n3)cc2)c(Cl)c1. The maximum Gasteiger partial charge on any atom is 0.274 e. The van der Waals surface area contributed by atoms with Crippen molar-refractivity contribution in [3.63, 3.8) is 0 Å². The molecular weight excluding hydrogens is 400 g/mol. The van der Waals surface area contributed by atoms with Crippen molar-refractivity contribution < 1.29 is 14.3 Å². The first-order chi connectivity index (χ1) is 14.6. The molecule has 0 aliphatic rings. The summed E-state index contributed by atoms with van der Waals surface area (Å²) < 4.78 is 5.79. The third kappa shape index (κ3) is 4.47. The number of ether oxygens (including phenoxy) is 1. The quantitative estimate of drug-likeness (QED) is 0.411. The normalized spacial score (nSPS) is 10.6. The molecule has 30 heavy (non-hydrogen) atoms. The fourth-order valence-corrected chi connectivity index (χ4v) is 3.21. The summed E-state index contributed by atoms with van der Waals surface area (Å²) >= 11 is 6.22. The van der Waals surface area contributed by atoms with Gasteiger partial charge >= 0.3 is 0 Å². The number of pyridine rings is 1. The number of anilines is 1. The summed E-state index contributed by atoms with van der Waals surface area (Å²) in [6, 6.07) is 23.4. The van der Waals surface area contributed by atoms with Crippen molar-refractivity contribution in [1.82, 2.24) is 4.98 Å². The van der Waals surface area contributed by atoms with Gasteiger partial charge in [-0.3, -0.25) is 4.79 Å². The summed E-state index contributed by atoms with van der Waals surface area (Å²) in [5, 5.41) is 4.24. The monoisotopic (exact) mass is 416 g/mol. The molecule has 3 aromatic carbocycles. The zero-order chi connectivity index (χ0) is 20.9. The molecule has 1 heterocycles. The van der Waals surface area contributed by atoms with Crippen LogP contribution in [0.4, 0.5) is 5.69 Å². The highest BCUT2D eigenvalue weighted by atomic mass is 35.5. The smallest absolute Gasteiger partial charge is 0.274 e. The Labute approximate surface area is 178 Å². The zero-order valence-electron chi connectivity index (χ0n) is 15.8. The van der Waals surface area contributed by atoms with E-state index in [9.17, 15) is 9.59 Å². The van der Waals surface area contributed by atoms with Crippen LogP contribution < -0.4 is 10.1 Å². The number of nitrogens with one attached hydrogen (secondary N) is 1. The summed E-state index contributed by atoms with van der Waals surface area (Å²) in [6.45, 7) is 0. The number of benzene rings is 3. The summed E-state index contributed by atoms with van der Waals surface area (Å²) in [5.41, 5.74) is 2.55. The molecule has 4 aromatic rings. The van der Waals surface area contributed by atoms with E-state index in [1.54, 1.807) is 48.5 Å². The average molecular weight is 417 g/mol. The third-order valence-corrected chi connectivity index (χ3v) is 4.78. The minimum Gasteiger partial charge on any atom is -0.456 e. The highest BCUT2D eigenvalue weighted by Crippen LogP contribution is 2.30. The molecule has 0 unspecified atom stereocenters. The molecule has 0 aliphatic heterocycles. The predicted octanol–water partition coefficient (Wildman–Crippen LogP) is 5.67. The number of nitrogens with zero attached hydrogens (tertiary/aromatic N) is 1. The Morgan fingerprint density at radius 1 is 1.00 bits per heavy atom. The molecule has 1 aromatic heterocycles. The van der Waals surface area contributed by atoms with Crippen LogP contribution in [-0.2, 0) is 11.2 Å². The second-order valence-electron chi connectivity index (χ2n) is 6.61. The molecule has 0 aliphatic carbocycles. The van der Waals surface area contributed by atoms with Gasteiger partial charge in [-0.1, -0.05) is 41.9 Å². The molecule has 1 N–H and O–H groups in total. The maximum absolute atomic E-state index is 12.5. The minimum absolute atomic E-state index is 0.289. The van der Waals surface area contributed by atoms with Crippen LogP contribution in [0.1, 0.15) is 16.1 Å². The van der Waals surface area contributed by atoms with Gasteiger partial charge in [-0.15, -0.1) is 0 Å². The van der Waals surface area contributed by atoms with Crippen LogP contribution >= 0.6 is 11.6 Å². The van der Waals surface area contributed by atoms with E-state index in [1.165, 1.54) is 0 Å². The highest BCUT2D eigenvalue weighted by Gasteiger charge is 2.09. The highest BCUT2D eigenvalue weighted by molar-refractivity contribution is 6.32. The van der Waals surface area contributed by atoms with Crippen LogP contribution in [0.25, 0.3) is 10.9 Å². The van der Waals surface area contributed by atoms with Crippen molar-refractivity contribution in [1.29, 1.82) is 0 Å². The van der Waals surface area contributed by atoms with Crippen LogP contribution in [0.3, 0.4) is 0 Å². The van der Waals surface area contributed by atoms with Gasteiger partial charge in [-0.25, -0.2) is 4.98 Å². The first-order valence-corrected chi connectivity index (χ1v) is 9.67. The number of hydrogen-bond donors (Lipinski definition) is 1. The van der Waals surface area contributed by atoms with Crippen molar-refractivity contribution in [2.45, 2.75) is 6.42 Å². The summed E-state index contributed by atoms with van der Waals surface area (Å²) in [4.78, 5) is 27.5. The van der Waals surface area contributed by atoms with E-state index in [0.29, 0.717) is 34.3 Å². The number of aromatic nitrogens is 1. The van der Waals surface area contributed by atoms with Gasteiger partial charge in [0.2, 0.25) is 0 Å². The van der Waals surface area contributed by atoms with Crippen molar-refractivity contribution >= 4 is 40.4 Å². The lowest BCUT2D eigenvalue weighted by Gasteiger charge is -2.10. The van der Waals surface area contributed by atoms with Gasteiger partial charge in [0.1, 0.15) is 23.5 Å². The van der Waals surface area contributed by atoms with E-state index in [-0.39, 0.29) is 5.91 Å². The molecule has 0 atom stereocenters. The number of fused-ring (bicyclic) bond motifs is 1. The Hall–Kier alpha value is -3.70. The lowest BCUT2D eigenvalue weighted by molar-refractivity contribution is -0.107. The van der Waals surface area contributed by atoms with Gasteiger partial charge in [-0.2, -0.15) is 0 Å². The fourth-order valence-electron chi connectivity index (χ4n) is 2.97. The average Bonchev–Trinajstić information content (AvgIpc) is 2.77. The Bertz CT molecular complexity index is 1220. The van der Waals surface area contributed by atoms with Gasteiger partial charge in [0, 0.05) is 17.5 Å². The van der Waals surface area contributed by atoms with Crippen molar-refractivity contribution in [3.8, 4) is 11.5 Å². The number of rotatable bonds is 6. The molecule has 5 nitrogen and oxygen atoms in total. The Morgan fingerprint density at radius 3 is 2.57 bits per heavy atom. The molecule has 1 amide bonds. The van der Waals surface area contributed by atoms with E-state index in [1.807, 2.05) is 30.3 Å². The first-order valence-electron chi connectivity index (χ1n) is 9.29. The van der Waals surface area contributed by atoms with Crippen LogP contribution in [0.2, 0.25) is 5.02 Å². The molecule has 4 rings (SSSR count). The molecule has 6 heteroatoms. The predicted molar refractivity (Wildman–Crippen MR) is 117 cm³/mol. The number of para-hydroxylation sites is 1. The molecule has 0 spiro atoms. The summed E-state index contributed by atoms with van der Waals surface area (Å²) in [7, 11) is 0. The van der Waals surface area contributed by atoms with Crippen LogP contribution in [0.15, 0.2) is 78.9 Å². The van der Waals surface area contributed by atoms with Gasteiger partial charge in [0.15, 0.2) is 0 Å². The van der Waals surface area contributed by atoms with E-state index in [0.717, 1.165) is 22.8 Å². The van der Waals surface area contributed by atoms with E-state index in [4.69, 9.17) is 16.3 Å². The molecular formula is C24H17ClN2O3. The van der Waals surface area contributed by atoms with E-state index < -0.39 is 0 Å². The lowest BCUT2D eigenvalue weighted by Crippen LogP contribution is -2.13. The molecule has 0 saturated heterocycles. The third-order valence-electron chi connectivity index (χ3n) is 4.49. The van der Waals surface area contributed by atoms with Crippen molar-refractivity contribution in [3.05, 3.63) is 95.1 Å². The molecule has 0 fully saturated rings. The van der Waals surface area contributed by atoms with Crippen LogP contribution in [0, 0.1) is 0 Å². The molecule has 148 valence electrons. The standard InChI is InChI=1S/C24H17ClN2O3/c25-20-15-16(13-14-28)5-12-23(20)30-19-9-7-18(8-10-19)26-24(29)22-11-6-17-3-1-2-4-21(17)27-22/h1-12,14-15H,13H2,(H,26,29). The zero-order valence-corrected chi connectivity index (χ0v) is 16.6. The lowest BCUT2D eigenvalue weighted by atomic mass is 10.1. The number of aldehydes is 1. The van der Waals surface area contributed by atoms with Crippen LogP contribution in [-0.4, -0.2) is 17.2 Å². The number of hydrogen-bond acceptors (Lipinski definition) is 4. The second-order valence-corrected chi connectivity index (χ2v) is 7.01. The first kappa shape index (κ1) is 19.6. The van der Waals surface area contributed by atoms with Gasteiger partial charge in [-0.05, 0) is 54.1 Å². The van der Waals surface area contributed by atoms with Crippen molar-refractivity contribution in [2.24, 2.45) is 0 Å². The molecule has 0 bridgehead atoms. The van der Waals surface area contributed by atoms with Crippen LogP contribution in [0.5, 0.6) is 11.5 Å². The topological polar surface area (TPSA) is 68.3 Å². The molecule has 0 saturated carbocycles. The number of halogens is 1. The van der Waals surface area contributed by atoms with Crippen molar-refractivity contribution in [2.75, 3.05) is 5.32 Å². The number of amides is 1. The van der Waals surface area contributed by atoms with E-state index in [2.05, 4.69) is 10.3 Å². The Kier molecular flexibility index (Phi) is 5.72. The Morgan fingerprint density at radius 2 is 1.80 bits per heavy atom. The largest absolute Gasteiger partial charge is 0.456 e. The Balaban J connectivity index is 1.44. The molecule has 0 radical (unpaired) electrons.